The number of nitrogens with zero attached hydrogens (tertiary/aromatic N) is 3. The first-order valence-corrected chi connectivity index (χ1v) is 9.63. The number of aromatic nitrogens is 2. The molecule has 136 valence electrons. The van der Waals surface area contributed by atoms with Gasteiger partial charge in [0.25, 0.3) is 5.91 Å². The van der Waals surface area contributed by atoms with Crippen molar-refractivity contribution >= 4 is 16.9 Å². The molecule has 1 N–H and O–H groups in total. The van der Waals surface area contributed by atoms with Crippen molar-refractivity contribution in [3.05, 3.63) is 53.4 Å². The van der Waals surface area contributed by atoms with Gasteiger partial charge in [-0.15, -0.1) is 0 Å². The van der Waals surface area contributed by atoms with Gasteiger partial charge in [-0.1, -0.05) is 19.1 Å². The average Bonchev–Trinajstić information content (AvgIpc) is 3.15. The van der Waals surface area contributed by atoms with Gasteiger partial charge < -0.3 is 9.88 Å². The molecule has 1 saturated heterocycles. The van der Waals surface area contributed by atoms with E-state index < -0.39 is 0 Å². The molecule has 5 nitrogen and oxygen atoms in total. The number of hydrogen-bond donors (Lipinski definition) is 1. The maximum atomic E-state index is 13.3. The smallest absolute Gasteiger partial charge is 0.254 e. The molecular weight excluding hydrogens is 336 g/mol. The van der Waals surface area contributed by atoms with Gasteiger partial charge in [0.1, 0.15) is 0 Å². The molecule has 1 aromatic heterocycles. The molecule has 2 bridgehead atoms. The molecule has 3 unspecified atom stereocenters. The van der Waals surface area contributed by atoms with Crippen LogP contribution in [0.2, 0.25) is 0 Å². The van der Waals surface area contributed by atoms with Gasteiger partial charge in [-0.3, -0.25) is 4.79 Å². The number of imidazole rings is 1. The van der Waals surface area contributed by atoms with Crippen LogP contribution < -0.4 is 0 Å². The number of carbonyl (C=O) groups is 1. The maximum Gasteiger partial charge on any atom is 0.254 e. The lowest BCUT2D eigenvalue weighted by molar-refractivity contribution is 0.0417. The van der Waals surface area contributed by atoms with Crippen molar-refractivity contribution in [3.8, 4) is 6.07 Å². The van der Waals surface area contributed by atoms with Crippen molar-refractivity contribution in [2.45, 2.75) is 38.6 Å². The van der Waals surface area contributed by atoms with E-state index in [1.807, 2.05) is 23.1 Å². The van der Waals surface area contributed by atoms with Gasteiger partial charge in [-0.25, -0.2) is 4.98 Å². The van der Waals surface area contributed by atoms with Crippen LogP contribution in [0.15, 0.2) is 47.8 Å². The van der Waals surface area contributed by atoms with Crippen LogP contribution in [0.4, 0.5) is 0 Å². The Morgan fingerprint density at radius 3 is 3.19 bits per heavy atom. The van der Waals surface area contributed by atoms with E-state index in [2.05, 4.69) is 35.1 Å². The first kappa shape index (κ1) is 16.3. The van der Waals surface area contributed by atoms with E-state index in [1.54, 1.807) is 6.33 Å². The summed E-state index contributed by atoms with van der Waals surface area (Å²) in [7, 11) is 0. The fourth-order valence-corrected chi connectivity index (χ4v) is 5.14. The quantitative estimate of drug-likeness (QED) is 0.838. The minimum atomic E-state index is -0.0295. The molecule has 1 aromatic carbocycles. The lowest BCUT2D eigenvalue weighted by atomic mass is 9.61. The molecule has 2 fully saturated rings. The molecule has 2 aromatic rings. The Bertz CT molecular complexity index is 1040. The second-order valence-electron chi connectivity index (χ2n) is 8.29. The Hall–Kier alpha value is -2.87. The van der Waals surface area contributed by atoms with Crippen LogP contribution in [0.25, 0.3) is 11.0 Å². The normalized spacial score (nSPS) is 29.6. The molecule has 0 radical (unpaired) electrons. The number of piperidine rings is 1. The van der Waals surface area contributed by atoms with Gasteiger partial charge in [0.15, 0.2) is 0 Å². The Labute approximate surface area is 158 Å². The largest absolute Gasteiger partial charge is 0.345 e. The Balaban J connectivity index is 1.46. The molecule has 1 aliphatic heterocycles. The molecule has 3 aliphatic rings. The van der Waals surface area contributed by atoms with Crippen LogP contribution in [0, 0.1) is 22.7 Å². The summed E-state index contributed by atoms with van der Waals surface area (Å²) in [5.41, 5.74) is 5.32. The summed E-state index contributed by atoms with van der Waals surface area (Å²) in [5, 5.41) is 9.31. The zero-order valence-corrected chi connectivity index (χ0v) is 15.4. The lowest BCUT2D eigenvalue weighted by Crippen LogP contribution is -2.52. The van der Waals surface area contributed by atoms with Crippen molar-refractivity contribution in [3.63, 3.8) is 0 Å². The number of amides is 1. The van der Waals surface area contributed by atoms with Gasteiger partial charge in [0.2, 0.25) is 0 Å². The minimum Gasteiger partial charge on any atom is -0.345 e. The standard InChI is InChI=1S/C22H22N4O/c1-22-6-7-26(21(27)15-3-5-19-20(10-15)25-13-24-19)17(11-22)9-16-8-14(12-23)2-4-18(16)22/h3-5,8,10,13-14,17H,2,6-7,9,11H2,1H3,(H,24,25). The predicted molar refractivity (Wildman–Crippen MR) is 103 cm³/mol. The third-order valence-corrected chi connectivity index (χ3v) is 6.56. The molecular formula is C22H22N4O. The van der Waals surface area contributed by atoms with E-state index >= 15 is 0 Å². The highest BCUT2D eigenvalue weighted by molar-refractivity contribution is 5.97. The number of benzene rings is 1. The predicted octanol–water partition coefficient (Wildman–Crippen LogP) is 3.97. The zero-order chi connectivity index (χ0) is 18.6. The number of H-pyrrole nitrogens is 1. The van der Waals surface area contributed by atoms with Crippen LogP contribution >= 0.6 is 0 Å². The van der Waals surface area contributed by atoms with E-state index in [0.29, 0.717) is 5.56 Å². The van der Waals surface area contributed by atoms with Crippen LogP contribution in [0.5, 0.6) is 0 Å². The van der Waals surface area contributed by atoms with Crippen LogP contribution in [0.3, 0.4) is 0 Å². The van der Waals surface area contributed by atoms with Gasteiger partial charge in [-0.05, 0) is 60.4 Å². The molecule has 27 heavy (non-hydrogen) atoms. The number of allylic oxidation sites excluding steroid dienone is 3. The van der Waals surface area contributed by atoms with E-state index in [4.69, 9.17) is 0 Å². The number of nitrogens with one attached hydrogen (secondary N) is 1. The molecule has 5 heteroatoms. The molecule has 2 aliphatic carbocycles. The molecule has 3 atom stereocenters. The molecule has 5 rings (SSSR count). The monoisotopic (exact) mass is 358 g/mol. The Kier molecular flexibility index (Phi) is 3.51. The van der Waals surface area contributed by atoms with E-state index in [-0.39, 0.29) is 23.3 Å². The molecule has 1 saturated carbocycles. The van der Waals surface area contributed by atoms with Gasteiger partial charge in [-0.2, -0.15) is 5.26 Å². The summed E-state index contributed by atoms with van der Waals surface area (Å²) in [4.78, 5) is 22.6. The summed E-state index contributed by atoms with van der Waals surface area (Å²) in [6.07, 6.45) is 9.74. The molecule has 1 amide bonds. The highest BCUT2D eigenvalue weighted by atomic mass is 16.2. The summed E-state index contributed by atoms with van der Waals surface area (Å²) in [6.45, 7) is 3.11. The van der Waals surface area contributed by atoms with E-state index in [0.717, 1.165) is 43.3 Å². The number of rotatable bonds is 1. The first-order chi connectivity index (χ1) is 13.1. The highest BCUT2D eigenvalue weighted by Crippen LogP contribution is 2.52. The maximum absolute atomic E-state index is 13.3. The second kappa shape index (κ2) is 5.82. The van der Waals surface area contributed by atoms with Crippen molar-refractivity contribution in [1.29, 1.82) is 5.26 Å². The SMILES string of the molecule is CC12CCN(C(=O)c3ccc4nc[nH]c4c3)C(CC3=CC(C#N)CC=C31)C2. The van der Waals surface area contributed by atoms with Crippen LogP contribution in [-0.2, 0) is 0 Å². The molecule has 2 heterocycles. The van der Waals surface area contributed by atoms with Gasteiger partial charge in [0, 0.05) is 18.2 Å². The Morgan fingerprint density at radius 1 is 1.44 bits per heavy atom. The van der Waals surface area contributed by atoms with E-state index in [9.17, 15) is 10.1 Å². The topological polar surface area (TPSA) is 72.8 Å². The number of fused-ring (bicyclic) bond motifs is 5. The zero-order valence-electron chi connectivity index (χ0n) is 15.4. The van der Waals surface area contributed by atoms with Gasteiger partial charge >= 0.3 is 0 Å². The highest BCUT2D eigenvalue weighted by Gasteiger charge is 2.46. The number of carbonyl (C=O) groups excluding carboxylic acids is 1. The number of hydrogen-bond acceptors (Lipinski definition) is 3. The summed E-state index contributed by atoms with van der Waals surface area (Å²) < 4.78 is 0. The second-order valence-corrected chi connectivity index (χ2v) is 8.29. The van der Waals surface area contributed by atoms with Gasteiger partial charge in [0.05, 0.1) is 29.3 Å². The fourth-order valence-electron chi connectivity index (χ4n) is 5.14. The van der Waals surface area contributed by atoms with Crippen LogP contribution in [-0.4, -0.2) is 33.4 Å². The van der Waals surface area contributed by atoms with Crippen molar-refractivity contribution in [2.24, 2.45) is 11.3 Å². The Morgan fingerprint density at radius 2 is 2.33 bits per heavy atom. The number of aromatic amines is 1. The third-order valence-electron chi connectivity index (χ3n) is 6.56. The van der Waals surface area contributed by atoms with Crippen molar-refractivity contribution in [1.82, 2.24) is 14.9 Å². The van der Waals surface area contributed by atoms with Crippen molar-refractivity contribution in [2.75, 3.05) is 6.54 Å². The molecule has 0 spiro atoms. The third kappa shape index (κ3) is 2.51. The first-order valence-electron chi connectivity index (χ1n) is 9.63. The summed E-state index contributed by atoms with van der Waals surface area (Å²) >= 11 is 0. The summed E-state index contributed by atoms with van der Waals surface area (Å²) in [5.74, 6) is 0.0670. The summed E-state index contributed by atoms with van der Waals surface area (Å²) in [6, 6.07) is 8.26. The lowest BCUT2D eigenvalue weighted by Gasteiger charge is -2.52. The average molecular weight is 358 g/mol. The number of nitriles is 1. The fraction of sp³-hybridized carbons (Fsp3) is 0.409. The van der Waals surface area contributed by atoms with Crippen molar-refractivity contribution < 1.29 is 4.79 Å². The van der Waals surface area contributed by atoms with E-state index in [1.165, 1.54) is 11.1 Å². The van der Waals surface area contributed by atoms with Crippen LogP contribution in [0.1, 0.15) is 43.0 Å². The number of likely N-dealkylation sites (tertiary alicyclic amines) is 1. The minimum absolute atomic E-state index is 0.0295.